The van der Waals surface area contributed by atoms with Gasteiger partial charge in [0.2, 0.25) is 5.91 Å². The van der Waals surface area contributed by atoms with Crippen molar-refractivity contribution in [1.29, 1.82) is 0 Å². The first-order valence-electron chi connectivity index (χ1n) is 8.90. The highest BCUT2D eigenvalue weighted by atomic mass is 19.1. The smallest absolute Gasteiger partial charge is 0.258 e. The molecule has 27 heavy (non-hydrogen) atoms. The highest BCUT2D eigenvalue weighted by Gasteiger charge is 2.35. The molecule has 1 aliphatic rings. The summed E-state index contributed by atoms with van der Waals surface area (Å²) in [5.74, 6) is 0.279. The van der Waals surface area contributed by atoms with Gasteiger partial charge in [0.25, 0.3) is 5.89 Å². The van der Waals surface area contributed by atoms with Gasteiger partial charge in [0.05, 0.1) is 0 Å². The fourth-order valence-electron chi connectivity index (χ4n) is 3.83. The molecule has 1 fully saturated rings. The molecule has 2 heterocycles. The maximum Gasteiger partial charge on any atom is 0.258 e. The van der Waals surface area contributed by atoms with Gasteiger partial charge in [0.15, 0.2) is 5.82 Å². The maximum atomic E-state index is 13.4. The lowest BCUT2D eigenvalue weighted by Gasteiger charge is -2.22. The zero-order chi connectivity index (χ0) is 19.1. The van der Waals surface area contributed by atoms with Gasteiger partial charge in [-0.15, -0.1) is 0 Å². The third kappa shape index (κ3) is 3.23. The average molecular weight is 365 g/mol. The lowest BCUT2D eigenvalue weighted by Crippen LogP contribution is -2.26. The number of hydrogen-bond donors (Lipinski definition) is 0. The van der Waals surface area contributed by atoms with Crippen LogP contribution >= 0.6 is 0 Å². The van der Waals surface area contributed by atoms with Crippen LogP contribution in [0.2, 0.25) is 0 Å². The van der Waals surface area contributed by atoms with Crippen molar-refractivity contribution in [2.45, 2.75) is 33.1 Å². The zero-order valence-electron chi connectivity index (χ0n) is 15.5. The van der Waals surface area contributed by atoms with Crippen molar-refractivity contribution in [2.75, 3.05) is 11.4 Å². The van der Waals surface area contributed by atoms with Gasteiger partial charge in [0, 0.05) is 30.1 Å². The molecule has 3 aromatic rings. The predicted octanol–water partition coefficient (Wildman–Crippen LogP) is 4.32. The predicted molar refractivity (Wildman–Crippen MR) is 100 cm³/mol. The number of nitrogens with zero attached hydrogens (tertiary/aromatic N) is 3. The van der Waals surface area contributed by atoms with E-state index in [1.807, 2.05) is 25.7 Å². The number of aryl methyl sites for hydroxylation is 3. The molecule has 0 aliphatic carbocycles. The standard InChI is InChI=1S/C21H20FN3O2/c1-12-7-13(2)19(14(3)8-12)25-11-16(10-18(25)26)20-23-21(27-24-20)15-5-4-6-17(22)9-15/h4-9,16H,10-11H2,1-3H3. The van der Waals surface area contributed by atoms with Gasteiger partial charge >= 0.3 is 0 Å². The van der Waals surface area contributed by atoms with E-state index in [1.54, 1.807) is 12.1 Å². The fraction of sp³-hybridized carbons (Fsp3) is 0.286. The van der Waals surface area contributed by atoms with E-state index < -0.39 is 0 Å². The highest BCUT2D eigenvalue weighted by molar-refractivity contribution is 5.97. The number of anilines is 1. The highest BCUT2D eigenvalue weighted by Crippen LogP contribution is 2.35. The zero-order valence-corrected chi connectivity index (χ0v) is 15.5. The molecule has 6 heteroatoms. The summed E-state index contributed by atoms with van der Waals surface area (Å²) in [5, 5.41) is 4.04. The molecule has 1 aromatic heterocycles. The summed E-state index contributed by atoms with van der Waals surface area (Å²) in [6, 6.07) is 10.2. The van der Waals surface area contributed by atoms with Crippen molar-refractivity contribution in [3.8, 4) is 11.5 Å². The van der Waals surface area contributed by atoms with Crippen LogP contribution in [0.4, 0.5) is 10.1 Å². The van der Waals surface area contributed by atoms with E-state index in [2.05, 4.69) is 22.3 Å². The Bertz CT molecular complexity index is 1000. The first-order chi connectivity index (χ1) is 12.9. The van der Waals surface area contributed by atoms with Crippen LogP contribution < -0.4 is 4.90 Å². The largest absolute Gasteiger partial charge is 0.334 e. The van der Waals surface area contributed by atoms with E-state index in [-0.39, 0.29) is 23.5 Å². The molecule has 138 valence electrons. The van der Waals surface area contributed by atoms with E-state index in [4.69, 9.17) is 4.52 Å². The quantitative estimate of drug-likeness (QED) is 0.693. The van der Waals surface area contributed by atoms with Crippen molar-refractivity contribution < 1.29 is 13.7 Å². The van der Waals surface area contributed by atoms with Gasteiger partial charge in [-0.1, -0.05) is 28.9 Å². The first kappa shape index (κ1) is 17.4. The molecule has 0 saturated carbocycles. The molecule has 5 nitrogen and oxygen atoms in total. The van der Waals surface area contributed by atoms with Crippen LogP contribution in [0.1, 0.15) is 34.9 Å². The maximum absolute atomic E-state index is 13.4. The van der Waals surface area contributed by atoms with E-state index in [0.29, 0.717) is 24.4 Å². The van der Waals surface area contributed by atoms with Crippen molar-refractivity contribution in [3.63, 3.8) is 0 Å². The van der Waals surface area contributed by atoms with Crippen molar-refractivity contribution in [2.24, 2.45) is 0 Å². The number of rotatable bonds is 3. The molecule has 0 bridgehead atoms. The summed E-state index contributed by atoms with van der Waals surface area (Å²) >= 11 is 0. The van der Waals surface area contributed by atoms with Gasteiger partial charge in [-0.2, -0.15) is 4.98 Å². The van der Waals surface area contributed by atoms with E-state index in [0.717, 1.165) is 16.8 Å². The molecule has 4 rings (SSSR count). The lowest BCUT2D eigenvalue weighted by molar-refractivity contribution is -0.117. The molecule has 1 aliphatic heterocycles. The molecule has 2 aromatic carbocycles. The van der Waals surface area contributed by atoms with E-state index >= 15 is 0 Å². The molecular formula is C21H20FN3O2. The number of halogens is 1. The molecule has 1 amide bonds. The number of benzene rings is 2. The normalized spacial score (nSPS) is 17.0. The van der Waals surface area contributed by atoms with Gasteiger partial charge in [-0.05, 0) is 50.1 Å². The molecule has 0 spiro atoms. The number of aromatic nitrogens is 2. The number of carbonyl (C=O) groups excluding carboxylic acids is 1. The second-order valence-corrected chi connectivity index (χ2v) is 7.12. The molecule has 0 radical (unpaired) electrons. The Balaban J connectivity index is 1.60. The molecule has 1 unspecified atom stereocenters. The molecule has 1 atom stereocenters. The SMILES string of the molecule is Cc1cc(C)c(N2CC(c3noc(-c4cccc(F)c4)n3)CC2=O)c(C)c1. The third-order valence-corrected chi connectivity index (χ3v) is 4.91. The number of amides is 1. The molecule has 1 saturated heterocycles. The van der Waals surface area contributed by atoms with Gasteiger partial charge in [-0.25, -0.2) is 4.39 Å². The summed E-state index contributed by atoms with van der Waals surface area (Å²) in [4.78, 5) is 18.9. The molecule has 0 N–H and O–H groups in total. The number of hydrogen-bond acceptors (Lipinski definition) is 4. The van der Waals surface area contributed by atoms with Crippen molar-refractivity contribution in [1.82, 2.24) is 10.1 Å². The van der Waals surface area contributed by atoms with Gasteiger partial charge in [-0.3, -0.25) is 4.79 Å². The summed E-state index contributed by atoms with van der Waals surface area (Å²) in [7, 11) is 0. The third-order valence-electron chi connectivity index (χ3n) is 4.91. The Kier molecular flexibility index (Phi) is 4.26. The summed E-state index contributed by atoms with van der Waals surface area (Å²) < 4.78 is 18.7. The second kappa shape index (κ2) is 6.61. The lowest BCUT2D eigenvalue weighted by atomic mass is 10.0. The Morgan fingerprint density at radius 2 is 1.89 bits per heavy atom. The Hall–Kier alpha value is -3.02. The van der Waals surface area contributed by atoms with Gasteiger partial charge < -0.3 is 9.42 Å². The monoisotopic (exact) mass is 365 g/mol. The van der Waals surface area contributed by atoms with Crippen molar-refractivity contribution in [3.05, 3.63) is 64.7 Å². The van der Waals surface area contributed by atoms with E-state index in [1.165, 1.54) is 17.7 Å². The fourth-order valence-corrected chi connectivity index (χ4v) is 3.83. The summed E-state index contributed by atoms with van der Waals surface area (Å²) in [6.07, 6.45) is 0.328. The Morgan fingerprint density at radius 1 is 1.15 bits per heavy atom. The molecular weight excluding hydrogens is 345 g/mol. The van der Waals surface area contributed by atoms with Crippen LogP contribution in [0, 0.1) is 26.6 Å². The van der Waals surface area contributed by atoms with Gasteiger partial charge in [0.1, 0.15) is 5.82 Å². The van der Waals surface area contributed by atoms with Crippen LogP contribution in [0.15, 0.2) is 40.9 Å². The van der Waals surface area contributed by atoms with Crippen LogP contribution in [-0.4, -0.2) is 22.6 Å². The Labute approximate surface area is 156 Å². The Morgan fingerprint density at radius 3 is 2.59 bits per heavy atom. The average Bonchev–Trinajstić information content (AvgIpc) is 3.22. The van der Waals surface area contributed by atoms with Crippen LogP contribution in [-0.2, 0) is 4.79 Å². The summed E-state index contributed by atoms with van der Waals surface area (Å²) in [5.41, 5.74) is 4.82. The van der Waals surface area contributed by atoms with E-state index in [9.17, 15) is 9.18 Å². The first-order valence-corrected chi connectivity index (χ1v) is 8.90. The second-order valence-electron chi connectivity index (χ2n) is 7.12. The van der Waals surface area contributed by atoms with Crippen molar-refractivity contribution >= 4 is 11.6 Å². The van der Waals surface area contributed by atoms with Crippen LogP contribution in [0.3, 0.4) is 0 Å². The minimum atomic E-state index is -0.361. The van der Waals surface area contributed by atoms with Crippen LogP contribution in [0.25, 0.3) is 11.5 Å². The topological polar surface area (TPSA) is 59.2 Å². The summed E-state index contributed by atoms with van der Waals surface area (Å²) in [6.45, 7) is 6.59. The number of carbonyl (C=O) groups is 1. The van der Waals surface area contributed by atoms with Crippen LogP contribution in [0.5, 0.6) is 0 Å². The minimum absolute atomic E-state index is 0.0483. The minimum Gasteiger partial charge on any atom is -0.334 e.